The van der Waals surface area contributed by atoms with Crippen molar-refractivity contribution in [2.75, 3.05) is 6.54 Å². The van der Waals surface area contributed by atoms with Gasteiger partial charge in [0, 0.05) is 12.1 Å². The fourth-order valence-electron chi connectivity index (χ4n) is 2.71. The summed E-state index contributed by atoms with van der Waals surface area (Å²) in [7, 11) is 0. The van der Waals surface area contributed by atoms with Gasteiger partial charge in [0.2, 0.25) is 0 Å². The largest absolute Gasteiger partial charge is 0.388 e. The van der Waals surface area contributed by atoms with E-state index in [1.54, 1.807) is 12.1 Å². The van der Waals surface area contributed by atoms with Crippen molar-refractivity contribution < 1.29 is 9.90 Å². The van der Waals surface area contributed by atoms with Crippen molar-refractivity contribution >= 4 is 16.7 Å². The van der Waals surface area contributed by atoms with Gasteiger partial charge in [-0.2, -0.15) is 0 Å². The van der Waals surface area contributed by atoms with E-state index in [1.165, 1.54) is 0 Å². The maximum absolute atomic E-state index is 12.0. The molecular formula is C20H19NO2. The molecule has 0 aliphatic carbocycles. The highest BCUT2D eigenvalue weighted by Gasteiger charge is 2.11. The molecule has 0 aliphatic heterocycles. The number of benzene rings is 3. The number of nitrogens with one attached hydrogen (secondary N) is 1. The van der Waals surface area contributed by atoms with Crippen LogP contribution < -0.4 is 5.32 Å². The molecule has 3 heteroatoms. The van der Waals surface area contributed by atoms with E-state index in [1.807, 2.05) is 60.7 Å². The van der Waals surface area contributed by atoms with Crippen LogP contribution in [0.5, 0.6) is 0 Å². The van der Waals surface area contributed by atoms with Gasteiger partial charge in [-0.3, -0.25) is 4.79 Å². The third-order valence-electron chi connectivity index (χ3n) is 3.92. The zero-order valence-corrected chi connectivity index (χ0v) is 12.8. The lowest BCUT2D eigenvalue weighted by molar-refractivity contribution is 0.0943. The molecule has 3 aromatic carbocycles. The van der Waals surface area contributed by atoms with E-state index >= 15 is 0 Å². The van der Waals surface area contributed by atoms with E-state index in [9.17, 15) is 9.90 Å². The molecule has 0 saturated carbocycles. The van der Waals surface area contributed by atoms with Crippen LogP contribution in [0.2, 0.25) is 0 Å². The van der Waals surface area contributed by atoms with E-state index < -0.39 is 6.10 Å². The minimum Gasteiger partial charge on any atom is -0.388 e. The summed E-state index contributed by atoms with van der Waals surface area (Å²) in [6.07, 6.45) is -0.121. The standard InChI is InChI=1S/C20H19NO2/c22-19(13-14-21-20(23)16-8-2-1-3-9-16)18-12-6-10-15-7-4-5-11-17(15)18/h1-12,19,22H,13-14H2,(H,21,23). The molecule has 0 aromatic heterocycles. The molecule has 1 atom stereocenters. The second-order valence-electron chi connectivity index (χ2n) is 5.49. The van der Waals surface area contributed by atoms with Gasteiger partial charge in [0.05, 0.1) is 6.10 Å². The summed E-state index contributed by atoms with van der Waals surface area (Å²) in [6, 6.07) is 23.0. The molecule has 1 amide bonds. The first kappa shape index (κ1) is 15.3. The summed E-state index contributed by atoms with van der Waals surface area (Å²) in [5.74, 6) is -0.115. The second kappa shape index (κ2) is 7.07. The van der Waals surface area contributed by atoms with Gasteiger partial charge >= 0.3 is 0 Å². The Morgan fingerprint density at radius 3 is 2.43 bits per heavy atom. The fourth-order valence-corrected chi connectivity index (χ4v) is 2.71. The molecule has 0 fully saturated rings. The molecule has 2 N–H and O–H groups in total. The van der Waals surface area contributed by atoms with Gasteiger partial charge in [-0.05, 0) is 34.9 Å². The summed E-state index contributed by atoms with van der Waals surface area (Å²) in [6.45, 7) is 0.429. The Bertz CT molecular complexity index is 794. The Morgan fingerprint density at radius 2 is 1.61 bits per heavy atom. The molecule has 3 aromatic rings. The zero-order chi connectivity index (χ0) is 16.1. The van der Waals surface area contributed by atoms with Crippen LogP contribution in [-0.4, -0.2) is 17.6 Å². The Balaban J connectivity index is 1.63. The molecule has 0 radical (unpaired) electrons. The van der Waals surface area contributed by atoms with Crippen molar-refractivity contribution in [2.45, 2.75) is 12.5 Å². The SMILES string of the molecule is O=C(NCCC(O)c1cccc2ccccc12)c1ccccc1. The highest BCUT2D eigenvalue weighted by molar-refractivity contribution is 5.94. The Hall–Kier alpha value is -2.65. The Kier molecular flexibility index (Phi) is 4.69. The predicted octanol–water partition coefficient (Wildman–Crippen LogP) is 3.69. The van der Waals surface area contributed by atoms with Gasteiger partial charge in [0.15, 0.2) is 0 Å². The van der Waals surface area contributed by atoms with Crippen LogP contribution in [0.1, 0.15) is 28.4 Å². The number of rotatable bonds is 5. The number of carbonyl (C=O) groups excluding carboxylic acids is 1. The Morgan fingerprint density at radius 1 is 0.913 bits per heavy atom. The van der Waals surface area contributed by atoms with Crippen LogP contribution in [-0.2, 0) is 0 Å². The third kappa shape index (κ3) is 3.58. The van der Waals surface area contributed by atoms with E-state index in [0.717, 1.165) is 16.3 Å². The lowest BCUT2D eigenvalue weighted by Gasteiger charge is -2.14. The molecule has 0 heterocycles. The second-order valence-corrected chi connectivity index (χ2v) is 5.49. The summed E-state index contributed by atoms with van der Waals surface area (Å²) in [5, 5.41) is 15.5. The third-order valence-corrected chi connectivity index (χ3v) is 3.92. The molecule has 0 spiro atoms. The lowest BCUT2D eigenvalue weighted by atomic mass is 9.99. The molecule has 0 aliphatic rings. The first-order valence-corrected chi connectivity index (χ1v) is 7.74. The molecule has 0 bridgehead atoms. The number of aliphatic hydroxyl groups is 1. The van der Waals surface area contributed by atoms with Gasteiger partial charge in [-0.1, -0.05) is 60.7 Å². The van der Waals surface area contributed by atoms with Crippen molar-refractivity contribution in [2.24, 2.45) is 0 Å². The van der Waals surface area contributed by atoms with E-state index in [4.69, 9.17) is 0 Å². The molecule has 23 heavy (non-hydrogen) atoms. The quantitative estimate of drug-likeness (QED) is 0.755. The maximum atomic E-state index is 12.0. The van der Waals surface area contributed by atoms with Gasteiger partial charge in [-0.15, -0.1) is 0 Å². The van der Waals surface area contributed by atoms with Gasteiger partial charge in [0.25, 0.3) is 5.91 Å². The highest BCUT2D eigenvalue weighted by Crippen LogP contribution is 2.25. The minimum absolute atomic E-state index is 0.115. The first-order chi connectivity index (χ1) is 11.3. The normalized spacial score (nSPS) is 12.0. The zero-order valence-electron chi connectivity index (χ0n) is 12.8. The number of aliphatic hydroxyl groups excluding tert-OH is 1. The molecule has 1 unspecified atom stereocenters. The highest BCUT2D eigenvalue weighted by atomic mass is 16.3. The average Bonchev–Trinajstić information content (AvgIpc) is 2.61. The van der Waals surface area contributed by atoms with Crippen molar-refractivity contribution in [3.05, 3.63) is 83.9 Å². The summed E-state index contributed by atoms with van der Waals surface area (Å²) < 4.78 is 0. The maximum Gasteiger partial charge on any atom is 0.251 e. The molecule has 3 rings (SSSR count). The predicted molar refractivity (Wildman–Crippen MR) is 92.3 cm³/mol. The molecule has 3 nitrogen and oxygen atoms in total. The van der Waals surface area contributed by atoms with Crippen LogP contribution in [0.3, 0.4) is 0 Å². The molecular weight excluding hydrogens is 286 g/mol. The molecule has 0 saturated heterocycles. The lowest BCUT2D eigenvalue weighted by Crippen LogP contribution is -2.25. The van der Waals surface area contributed by atoms with Crippen molar-refractivity contribution in [1.82, 2.24) is 5.32 Å². The van der Waals surface area contributed by atoms with Crippen LogP contribution in [0, 0.1) is 0 Å². The number of fused-ring (bicyclic) bond motifs is 1. The topological polar surface area (TPSA) is 49.3 Å². The summed E-state index contributed by atoms with van der Waals surface area (Å²) >= 11 is 0. The number of carbonyl (C=O) groups is 1. The van der Waals surface area contributed by atoms with E-state index in [2.05, 4.69) is 5.32 Å². The van der Waals surface area contributed by atoms with Crippen molar-refractivity contribution in [3.8, 4) is 0 Å². The average molecular weight is 305 g/mol. The van der Waals surface area contributed by atoms with E-state index in [0.29, 0.717) is 18.5 Å². The number of hydrogen-bond acceptors (Lipinski definition) is 2. The monoisotopic (exact) mass is 305 g/mol. The number of hydrogen-bond donors (Lipinski definition) is 2. The van der Waals surface area contributed by atoms with Gasteiger partial charge in [0.1, 0.15) is 0 Å². The van der Waals surface area contributed by atoms with Crippen LogP contribution in [0.25, 0.3) is 10.8 Å². The van der Waals surface area contributed by atoms with Crippen LogP contribution in [0.4, 0.5) is 0 Å². The Labute approximate surface area is 135 Å². The smallest absolute Gasteiger partial charge is 0.251 e. The van der Waals surface area contributed by atoms with Crippen molar-refractivity contribution in [3.63, 3.8) is 0 Å². The summed E-state index contributed by atoms with van der Waals surface area (Å²) in [4.78, 5) is 12.0. The van der Waals surface area contributed by atoms with Gasteiger partial charge < -0.3 is 10.4 Å². The molecule has 116 valence electrons. The fraction of sp³-hybridized carbons (Fsp3) is 0.150. The summed E-state index contributed by atoms with van der Waals surface area (Å²) in [5.41, 5.74) is 1.53. The van der Waals surface area contributed by atoms with Crippen LogP contribution in [0.15, 0.2) is 72.8 Å². The van der Waals surface area contributed by atoms with Gasteiger partial charge in [-0.25, -0.2) is 0 Å². The van der Waals surface area contributed by atoms with Crippen LogP contribution >= 0.6 is 0 Å². The minimum atomic E-state index is -0.600. The first-order valence-electron chi connectivity index (χ1n) is 7.74. The van der Waals surface area contributed by atoms with Crippen molar-refractivity contribution in [1.29, 1.82) is 0 Å². The number of amides is 1. The van der Waals surface area contributed by atoms with E-state index in [-0.39, 0.29) is 5.91 Å².